The Labute approximate surface area is 187 Å². The summed E-state index contributed by atoms with van der Waals surface area (Å²) in [7, 11) is 0. The lowest BCUT2D eigenvalue weighted by Gasteiger charge is -2.37. The number of alkyl halides is 2. The number of hydrogen-bond acceptors (Lipinski definition) is 5. The summed E-state index contributed by atoms with van der Waals surface area (Å²) < 4.78 is 36.0. The van der Waals surface area contributed by atoms with E-state index in [4.69, 9.17) is 4.74 Å². The SMILES string of the molecule is CC(C)Oc1ccc(NC(=O)C2(O)CCN(Cc3ccc(OC(C)(F)F)cc3)CC2)cc1. The highest BCUT2D eigenvalue weighted by Gasteiger charge is 2.39. The van der Waals surface area contributed by atoms with Crippen molar-refractivity contribution < 1.29 is 28.2 Å². The number of nitrogens with one attached hydrogen (secondary N) is 1. The Morgan fingerprint density at radius 1 is 1.09 bits per heavy atom. The number of ether oxygens (including phenoxy) is 2. The summed E-state index contributed by atoms with van der Waals surface area (Å²) in [5.74, 6) is 0.402. The standard InChI is InChI=1S/C24H30F2N2O4/c1-17(2)31-20-10-6-19(7-11-20)27-22(29)24(30)12-14-28(15-13-24)16-18-4-8-21(9-5-18)32-23(3,25)26/h4-11,17,30H,12-16H2,1-3H3,(H,27,29). The third-order valence-corrected chi connectivity index (χ3v) is 5.22. The molecule has 6 nitrogen and oxygen atoms in total. The molecule has 2 N–H and O–H groups in total. The number of anilines is 1. The number of aliphatic hydroxyl groups is 1. The summed E-state index contributed by atoms with van der Waals surface area (Å²) in [6.07, 6.45) is -2.55. The van der Waals surface area contributed by atoms with Gasteiger partial charge in [-0.2, -0.15) is 8.78 Å². The van der Waals surface area contributed by atoms with Crippen molar-refractivity contribution in [3.63, 3.8) is 0 Å². The number of carbonyl (C=O) groups excluding carboxylic acids is 1. The van der Waals surface area contributed by atoms with Crippen LogP contribution < -0.4 is 14.8 Å². The first-order chi connectivity index (χ1) is 15.0. The molecule has 1 aliphatic heterocycles. The third-order valence-electron chi connectivity index (χ3n) is 5.22. The smallest absolute Gasteiger partial charge is 0.394 e. The molecule has 1 aliphatic rings. The van der Waals surface area contributed by atoms with E-state index < -0.39 is 17.6 Å². The van der Waals surface area contributed by atoms with Crippen molar-refractivity contribution in [2.24, 2.45) is 0 Å². The fourth-order valence-corrected chi connectivity index (χ4v) is 3.57. The summed E-state index contributed by atoms with van der Waals surface area (Å²) in [6, 6.07) is 13.5. The second-order valence-electron chi connectivity index (χ2n) is 8.51. The maximum Gasteiger partial charge on any atom is 0.394 e. The van der Waals surface area contributed by atoms with Crippen molar-refractivity contribution in [2.45, 2.75) is 58.0 Å². The summed E-state index contributed by atoms with van der Waals surface area (Å²) in [5, 5.41) is 13.6. The van der Waals surface area contributed by atoms with Crippen LogP contribution in [0.25, 0.3) is 0 Å². The number of hydrogen-bond donors (Lipinski definition) is 2. The van der Waals surface area contributed by atoms with E-state index in [1.807, 2.05) is 13.8 Å². The molecule has 3 rings (SSSR count). The van der Waals surface area contributed by atoms with Crippen LogP contribution in [0.5, 0.6) is 11.5 Å². The Bertz CT molecular complexity index is 888. The fraction of sp³-hybridized carbons (Fsp3) is 0.458. The van der Waals surface area contributed by atoms with E-state index in [1.54, 1.807) is 36.4 Å². The number of nitrogens with zero attached hydrogens (tertiary/aromatic N) is 1. The van der Waals surface area contributed by atoms with E-state index in [2.05, 4.69) is 15.0 Å². The Morgan fingerprint density at radius 2 is 1.66 bits per heavy atom. The third kappa shape index (κ3) is 6.90. The van der Waals surface area contributed by atoms with Gasteiger partial charge in [0.25, 0.3) is 5.91 Å². The van der Waals surface area contributed by atoms with Crippen LogP contribution >= 0.6 is 0 Å². The molecule has 0 aliphatic carbocycles. The Hall–Kier alpha value is -2.71. The van der Waals surface area contributed by atoms with Crippen molar-refractivity contribution in [1.29, 1.82) is 0 Å². The molecule has 0 bridgehead atoms. The highest BCUT2D eigenvalue weighted by atomic mass is 19.3. The number of halogens is 2. The van der Waals surface area contributed by atoms with Gasteiger partial charge >= 0.3 is 6.11 Å². The van der Waals surface area contributed by atoms with Gasteiger partial charge in [0.05, 0.1) is 6.10 Å². The van der Waals surface area contributed by atoms with Crippen LogP contribution in [0.2, 0.25) is 0 Å². The zero-order valence-corrected chi connectivity index (χ0v) is 18.6. The summed E-state index contributed by atoms with van der Waals surface area (Å²) >= 11 is 0. The average molecular weight is 449 g/mol. The molecule has 0 unspecified atom stereocenters. The highest BCUT2D eigenvalue weighted by molar-refractivity contribution is 5.97. The van der Waals surface area contributed by atoms with Crippen molar-refractivity contribution in [2.75, 3.05) is 18.4 Å². The molecule has 1 saturated heterocycles. The minimum absolute atomic E-state index is 0.0636. The minimum Gasteiger partial charge on any atom is -0.491 e. The van der Waals surface area contributed by atoms with Gasteiger partial charge in [-0.3, -0.25) is 9.69 Å². The molecule has 0 spiro atoms. The van der Waals surface area contributed by atoms with Gasteiger partial charge in [0.2, 0.25) is 0 Å². The topological polar surface area (TPSA) is 71.0 Å². The van der Waals surface area contributed by atoms with Crippen LogP contribution in [0.3, 0.4) is 0 Å². The monoisotopic (exact) mass is 448 g/mol. The lowest BCUT2D eigenvalue weighted by Crippen LogP contribution is -2.51. The molecule has 174 valence electrons. The number of piperidine rings is 1. The summed E-state index contributed by atoms with van der Waals surface area (Å²) in [6.45, 7) is 6.25. The molecule has 32 heavy (non-hydrogen) atoms. The van der Waals surface area contributed by atoms with E-state index in [9.17, 15) is 18.7 Å². The van der Waals surface area contributed by atoms with Gasteiger partial charge in [-0.25, -0.2) is 0 Å². The highest BCUT2D eigenvalue weighted by Crippen LogP contribution is 2.27. The van der Waals surface area contributed by atoms with E-state index in [-0.39, 0.29) is 11.9 Å². The molecule has 1 amide bonds. The second-order valence-corrected chi connectivity index (χ2v) is 8.51. The molecular weight excluding hydrogens is 418 g/mol. The van der Waals surface area contributed by atoms with E-state index in [1.165, 1.54) is 12.1 Å². The molecule has 0 atom stereocenters. The van der Waals surface area contributed by atoms with Crippen LogP contribution in [0.4, 0.5) is 14.5 Å². The van der Waals surface area contributed by atoms with Gasteiger partial charge in [0.15, 0.2) is 0 Å². The molecule has 1 heterocycles. The Morgan fingerprint density at radius 3 is 2.19 bits per heavy atom. The van der Waals surface area contributed by atoms with Gasteiger partial charge in [-0.15, -0.1) is 0 Å². The van der Waals surface area contributed by atoms with Crippen LogP contribution in [-0.2, 0) is 11.3 Å². The van der Waals surface area contributed by atoms with Crippen LogP contribution in [-0.4, -0.2) is 46.8 Å². The molecule has 0 radical (unpaired) electrons. The van der Waals surface area contributed by atoms with Gasteiger partial charge in [0.1, 0.15) is 17.1 Å². The van der Waals surface area contributed by atoms with Crippen molar-refractivity contribution in [3.8, 4) is 11.5 Å². The van der Waals surface area contributed by atoms with E-state index in [0.717, 1.165) is 5.56 Å². The van der Waals surface area contributed by atoms with Gasteiger partial charge < -0.3 is 19.9 Å². The first kappa shape index (κ1) is 23.9. The molecule has 2 aromatic carbocycles. The quantitative estimate of drug-likeness (QED) is 0.625. The first-order valence-electron chi connectivity index (χ1n) is 10.7. The average Bonchev–Trinajstić information content (AvgIpc) is 2.71. The van der Waals surface area contributed by atoms with Crippen LogP contribution in [0.1, 0.15) is 39.2 Å². The van der Waals surface area contributed by atoms with Crippen LogP contribution in [0, 0.1) is 0 Å². The summed E-state index contributed by atoms with van der Waals surface area (Å²) in [4.78, 5) is 14.8. The number of benzene rings is 2. The van der Waals surface area contributed by atoms with E-state index in [0.29, 0.717) is 50.8 Å². The predicted octanol–water partition coefficient (Wildman–Crippen LogP) is 4.43. The van der Waals surface area contributed by atoms with Crippen molar-refractivity contribution in [3.05, 3.63) is 54.1 Å². The molecule has 0 aromatic heterocycles. The van der Waals surface area contributed by atoms with Gasteiger partial charge in [-0.05, 0) is 68.7 Å². The second kappa shape index (κ2) is 9.83. The first-order valence-corrected chi connectivity index (χ1v) is 10.7. The Kier molecular flexibility index (Phi) is 7.36. The lowest BCUT2D eigenvalue weighted by molar-refractivity contribution is -0.159. The number of carbonyl (C=O) groups is 1. The lowest BCUT2D eigenvalue weighted by atomic mass is 9.90. The zero-order chi connectivity index (χ0) is 23.4. The fourth-order valence-electron chi connectivity index (χ4n) is 3.57. The van der Waals surface area contributed by atoms with Crippen molar-refractivity contribution in [1.82, 2.24) is 4.90 Å². The molecule has 1 fully saturated rings. The maximum atomic E-state index is 12.9. The molecule has 2 aromatic rings. The number of amides is 1. The largest absolute Gasteiger partial charge is 0.491 e. The maximum absolute atomic E-state index is 12.9. The van der Waals surface area contributed by atoms with E-state index >= 15 is 0 Å². The normalized spacial score (nSPS) is 16.6. The molecular formula is C24H30F2N2O4. The van der Waals surface area contributed by atoms with Gasteiger partial charge in [-0.1, -0.05) is 12.1 Å². The molecule has 8 heteroatoms. The van der Waals surface area contributed by atoms with Gasteiger partial charge in [0, 0.05) is 32.2 Å². The molecule has 0 saturated carbocycles. The number of rotatable bonds is 8. The predicted molar refractivity (Wildman–Crippen MR) is 118 cm³/mol. The zero-order valence-electron chi connectivity index (χ0n) is 18.6. The van der Waals surface area contributed by atoms with Crippen LogP contribution in [0.15, 0.2) is 48.5 Å². The number of likely N-dealkylation sites (tertiary alicyclic amines) is 1. The Balaban J connectivity index is 1.49. The minimum atomic E-state index is -3.22. The summed E-state index contributed by atoms with van der Waals surface area (Å²) in [5.41, 5.74) is 0.103. The van der Waals surface area contributed by atoms with Crippen molar-refractivity contribution >= 4 is 11.6 Å².